The maximum absolute atomic E-state index is 10.7. The molecule has 0 bridgehead atoms. The molecule has 1 rings (SSSR count). The average Bonchev–Trinajstić information content (AvgIpc) is 2.75. The van der Waals surface area contributed by atoms with Crippen molar-refractivity contribution in [3.8, 4) is 0 Å². The van der Waals surface area contributed by atoms with E-state index in [9.17, 15) is 4.79 Å². The molecule has 0 atom stereocenters. The summed E-state index contributed by atoms with van der Waals surface area (Å²) < 4.78 is 5.17. The first-order valence-corrected chi connectivity index (χ1v) is 5.39. The minimum absolute atomic E-state index is 0.450. The van der Waals surface area contributed by atoms with Crippen molar-refractivity contribution in [2.75, 3.05) is 13.1 Å². The van der Waals surface area contributed by atoms with Crippen molar-refractivity contribution in [3.63, 3.8) is 0 Å². The zero-order valence-corrected chi connectivity index (χ0v) is 9.40. The van der Waals surface area contributed by atoms with Crippen molar-refractivity contribution in [1.29, 1.82) is 0 Å². The number of furan rings is 1. The number of aliphatic carboxylic acids is 1. The summed E-state index contributed by atoms with van der Waals surface area (Å²) in [7, 11) is 0. The van der Waals surface area contributed by atoms with E-state index < -0.39 is 5.97 Å². The van der Waals surface area contributed by atoms with Crippen molar-refractivity contribution in [1.82, 2.24) is 5.32 Å². The fraction of sp³-hybridized carbons (Fsp3) is 0.417. The summed E-state index contributed by atoms with van der Waals surface area (Å²) in [6.45, 7) is 3.19. The monoisotopic (exact) mass is 223 g/mol. The maximum atomic E-state index is 10.7. The molecule has 0 amide bonds. The summed E-state index contributed by atoms with van der Waals surface area (Å²) >= 11 is 0. The van der Waals surface area contributed by atoms with Gasteiger partial charge in [0.2, 0.25) is 0 Å². The molecule has 1 aromatic heterocycles. The molecule has 0 spiro atoms. The molecule has 0 aromatic carbocycles. The highest BCUT2D eigenvalue weighted by atomic mass is 16.4. The lowest BCUT2D eigenvalue weighted by Crippen LogP contribution is -2.18. The molecule has 0 saturated heterocycles. The van der Waals surface area contributed by atoms with E-state index in [1.165, 1.54) is 0 Å². The zero-order valence-electron chi connectivity index (χ0n) is 9.40. The van der Waals surface area contributed by atoms with Crippen LogP contribution in [-0.2, 0) is 11.2 Å². The van der Waals surface area contributed by atoms with Crippen LogP contribution in [0.4, 0.5) is 0 Å². The maximum Gasteiger partial charge on any atom is 0.331 e. The number of hydrogen-bond acceptors (Lipinski definition) is 3. The second kappa shape index (κ2) is 6.85. The Kier molecular flexibility index (Phi) is 5.36. The summed E-state index contributed by atoms with van der Waals surface area (Å²) in [5, 5.41) is 11.9. The molecule has 16 heavy (non-hydrogen) atoms. The second-order valence-electron chi connectivity index (χ2n) is 3.42. The molecular formula is C12H17NO3. The summed E-state index contributed by atoms with van der Waals surface area (Å²) in [6, 6.07) is 3.78. The van der Waals surface area contributed by atoms with E-state index in [1.54, 1.807) is 12.3 Å². The Morgan fingerprint density at radius 3 is 3.00 bits per heavy atom. The van der Waals surface area contributed by atoms with Crippen LogP contribution in [0.3, 0.4) is 0 Å². The lowest BCUT2D eigenvalue weighted by Gasteiger charge is -2.01. The lowest BCUT2D eigenvalue weighted by molar-refractivity contribution is -0.132. The minimum atomic E-state index is -0.838. The van der Waals surface area contributed by atoms with E-state index in [1.807, 2.05) is 19.1 Å². The molecule has 1 heterocycles. The molecular weight excluding hydrogens is 206 g/mol. The zero-order chi connectivity index (χ0) is 11.8. The van der Waals surface area contributed by atoms with E-state index >= 15 is 0 Å². The molecule has 2 N–H and O–H groups in total. The van der Waals surface area contributed by atoms with Gasteiger partial charge in [-0.05, 0) is 18.6 Å². The minimum Gasteiger partial charge on any atom is -0.478 e. The van der Waals surface area contributed by atoms with Crippen molar-refractivity contribution in [2.24, 2.45) is 0 Å². The number of rotatable bonds is 7. The highest BCUT2D eigenvalue weighted by Crippen LogP contribution is 2.00. The van der Waals surface area contributed by atoms with Crippen LogP contribution in [-0.4, -0.2) is 24.2 Å². The first-order chi connectivity index (χ1) is 7.74. The molecule has 88 valence electrons. The van der Waals surface area contributed by atoms with Crippen molar-refractivity contribution < 1.29 is 14.3 Å². The molecule has 0 aliphatic rings. The standard InChI is InChI=1S/C12H17NO3/c1-2-10(12(14)15)5-7-13-8-6-11-4-3-9-16-11/h3-5,9,13H,2,6-8H2,1H3,(H,14,15)/b10-5-. The van der Waals surface area contributed by atoms with Crippen molar-refractivity contribution in [3.05, 3.63) is 35.8 Å². The molecule has 4 heteroatoms. The van der Waals surface area contributed by atoms with Gasteiger partial charge < -0.3 is 14.8 Å². The van der Waals surface area contributed by atoms with Crippen LogP contribution < -0.4 is 5.32 Å². The fourth-order valence-electron chi connectivity index (χ4n) is 1.35. The van der Waals surface area contributed by atoms with Gasteiger partial charge in [-0.3, -0.25) is 0 Å². The number of carboxylic acid groups (broad SMARTS) is 1. The summed E-state index contributed by atoms with van der Waals surface area (Å²) in [6.07, 6.45) is 4.73. The normalized spacial score (nSPS) is 11.7. The number of carboxylic acids is 1. The Morgan fingerprint density at radius 1 is 1.62 bits per heavy atom. The largest absolute Gasteiger partial charge is 0.478 e. The predicted octanol–water partition coefficient (Wildman–Crippen LogP) is 1.83. The second-order valence-corrected chi connectivity index (χ2v) is 3.42. The van der Waals surface area contributed by atoms with Gasteiger partial charge in [0.15, 0.2) is 0 Å². The summed E-state index contributed by atoms with van der Waals surface area (Å²) in [5.41, 5.74) is 0.450. The molecule has 4 nitrogen and oxygen atoms in total. The van der Waals surface area contributed by atoms with Gasteiger partial charge in [-0.2, -0.15) is 0 Å². The molecule has 0 fully saturated rings. The van der Waals surface area contributed by atoms with Gasteiger partial charge in [0.05, 0.1) is 6.26 Å². The van der Waals surface area contributed by atoms with Gasteiger partial charge in [0.25, 0.3) is 0 Å². The average molecular weight is 223 g/mol. The first-order valence-electron chi connectivity index (χ1n) is 5.39. The summed E-state index contributed by atoms with van der Waals surface area (Å²) in [5.74, 6) is 0.0979. The van der Waals surface area contributed by atoms with Gasteiger partial charge >= 0.3 is 5.97 Å². The smallest absolute Gasteiger partial charge is 0.331 e. The molecule has 1 aromatic rings. The third-order valence-electron chi connectivity index (χ3n) is 2.28. The van der Waals surface area contributed by atoms with Gasteiger partial charge in [-0.25, -0.2) is 4.79 Å². The van der Waals surface area contributed by atoms with Crippen LogP contribution >= 0.6 is 0 Å². The molecule has 0 aliphatic heterocycles. The van der Waals surface area contributed by atoms with Crippen LogP contribution in [0.5, 0.6) is 0 Å². The van der Waals surface area contributed by atoms with Crippen molar-refractivity contribution in [2.45, 2.75) is 19.8 Å². The van der Waals surface area contributed by atoms with Crippen LogP contribution in [0.15, 0.2) is 34.5 Å². The van der Waals surface area contributed by atoms with Gasteiger partial charge in [-0.15, -0.1) is 0 Å². The SMILES string of the molecule is CC/C(=C/CNCCc1ccco1)C(=O)O. The van der Waals surface area contributed by atoms with E-state index in [0.717, 1.165) is 18.7 Å². The summed E-state index contributed by atoms with van der Waals surface area (Å²) in [4.78, 5) is 10.7. The Labute approximate surface area is 95.0 Å². The van der Waals surface area contributed by atoms with E-state index in [0.29, 0.717) is 18.5 Å². The van der Waals surface area contributed by atoms with Gasteiger partial charge in [0.1, 0.15) is 5.76 Å². The van der Waals surface area contributed by atoms with E-state index in [2.05, 4.69) is 5.32 Å². The van der Waals surface area contributed by atoms with Gasteiger partial charge in [0, 0.05) is 25.1 Å². The van der Waals surface area contributed by atoms with Gasteiger partial charge in [-0.1, -0.05) is 13.0 Å². The number of carbonyl (C=O) groups is 1. The molecule has 0 saturated carbocycles. The Balaban J connectivity index is 2.18. The Morgan fingerprint density at radius 2 is 2.44 bits per heavy atom. The highest BCUT2D eigenvalue weighted by Gasteiger charge is 2.02. The number of hydrogen-bond donors (Lipinski definition) is 2. The fourth-order valence-corrected chi connectivity index (χ4v) is 1.35. The lowest BCUT2D eigenvalue weighted by atomic mass is 10.2. The molecule has 0 aliphatic carbocycles. The van der Waals surface area contributed by atoms with Crippen LogP contribution in [0.1, 0.15) is 19.1 Å². The third-order valence-corrected chi connectivity index (χ3v) is 2.28. The Bertz CT molecular complexity index is 341. The predicted molar refractivity (Wildman–Crippen MR) is 61.3 cm³/mol. The third kappa shape index (κ3) is 4.31. The topological polar surface area (TPSA) is 62.5 Å². The highest BCUT2D eigenvalue weighted by molar-refractivity contribution is 5.86. The van der Waals surface area contributed by atoms with Crippen LogP contribution in [0.25, 0.3) is 0 Å². The van der Waals surface area contributed by atoms with Crippen LogP contribution in [0, 0.1) is 0 Å². The first kappa shape index (κ1) is 12.5. The number of nitrogens with one attached hydrogen (secondary N) is 1. The van der Waals surface area contributed by atoms with E-state index in [-0.39, 0.29) is 0 Å². The molecule has 0 unspecified atom stereocenters. The van der Waals surface area contributed by atoms with E-state index in [4.69, 9.17) is 9.52 Å². The molecule has 0 radical (unpaired) electrons. The van der Waals surface area contributed by atoms with Crippen molar-refractivity contribution >= 4 is 5.97 Å². The quantitative estimate of drug-likeness (QED) is 0.547. The Hall–Kier alpha value is -1.55. The van der Waals surface area contributed by atoms with Crippen LogP contribution in [0.2, 0.25) is 0 Å².